The van der Waals surface area contributed by atoms with Crippen LogP contribution in [0.15, 0.2) is 72.8 Å². The predicted molar refractivity (Wildman–Crippen MR) is 125 cm³/mol. The zero-order chi connectivity index (χ0) is 22.1. The Labute approximate surface area is 187 Å². The summed E-state index contributed by atoms with van der Waals surface area (Å²) in [5.41, 5.74) is 11.4. The molecule has 0 radical (unpaired) electrons. The number of carbonyl (C=O) groups is 2. The summed E-state index contributed by atoms with van der Waals surface area (Å²) in [5, 5.41) is 3.38. The third-order valence-electron chi connectivity index (χ3n) is 6.32. The van der Waals surface area contributed by atoms with E-state index in [1.165, 1.54) is 5.69 Å². The molecule has 3 aromatic carbocycles. The van der Waals surface area contributed by atoms with E-state index in [9.17, 15) is 9.59 Å². The van der Waals surface area contributed by atoms with Gasteiger partial charge in [0.25, 0.3) is 5.91 Å². The lowest BCUT2D eigenvalue weighted by Crippen LogP contribution is -2.43. The van der Waals surface area contributed by atoms with E-state index in [4.69, 9.17) is 5.73 Å². The van der Waals surface area contributed by atoms with Crippen molar-refractivity contribution >= 4 is 17.5 Å². The van der Waals surface area contributed by atoms with Crippen LogP contribution in [-0.2, 0) is 11.3 Å². The molecule has 3 N–H and O–H groups in total. The van der Waals surface area contributed by atoms with Gasteiger partial charge in [0, 0.05) is 44.0 Å². The molecule has 6 nitrogen and oxygen atoms in total. The molecule has 32 heavy (non-hydrogen) atoms. The first-order chi connectivity index (χ1) is 15.6. The number of hydrogen-bond acceptors (Lipinski definition) is 4. The summed E-state index contributed by atoms with van der Waals surface area (Å²) < 4.78 is 0. The molecule has 0 saturated carbocycles. The number of piperazine rings is 1. The summed E-state index contributed by atoms with van der Waals surface area (Å²) in [7, 11) is 0. The number of carbonyl (C=O) groups excluding carboxylic acids is 2. The van der Waals surface area contributed by atoms with Crippen molar-refractivity contribution in [2.75, 3.05) is 31.1 Å². The van der Waals surface area contributed by atoms with Crippen molar-refractivity contribution < 1.29 is 9.59 Å². The molecule has 5 rings (SSSR count). The topological polar surface area (TPSA) is 78.7 Å². The SMILES string of the molecule is NC(=O)C(c1ccccc1)N1Cc2cc(-c3ccc(N4CCNCC4)cc3)ccc2C1=O. The smallest absolute Gasteiger partial charge is 0.255 e. The van der Waals surface area contributed by atoms with Crippen LogP contribution in [0.3, 0.4) is 0 Å². The quantitative estimate of drug-likeness (QED) is 0.658. The van der Waals surface area contributed by atoms with Gasteiger partial charge in [-0.3, -0.25) is 9.59 Å². The fourth-order valence-electron chi connectivity index (χ4n) is 4.65. The van der Waals surface area contributed by atoms with Gasteiger partial charge >= 0.3 is 0 Å². The number of nitrogens with one attached hydrogen (secondary N) is 1. The first-order valence-corrected chi connectivity index (χ1v) is 11.0. The second-order valence-corrected chi connectivity index (χ2v) is 8.30. The Morgan fingerprint density at radius 1 is 0.906 bits per heavy atom. The second kappa shape index (κ2) is 8.48. The van der Waals surface area contributed by atoms with Gasteiger partial charge in [0.2, 0.25) is 5.91 Å². The molecule has 2 aliphatic heterocycles. The van der Waals surface area contributed by atoms with Crippen molar-refractivity contribution in [3.8, 4) is 11.1 Å². The maximum atomic E-state index is 13.1. The summed E-state index contributed by atoms with van der Waals surface area (Å²) in [4.78, 5) is 29.3. The Morgan fingerprint density at radius 3 is 2.28 bits per heavy atom. The summed E-state index contributed by atoms with van der Waals surface area (Å²) in [5.74, 6) is -0.686. The Hall–Kier alpha value is -3.64. The fraction of sp³-hybridized carbons (Fsp3) is 0.231. The van der Waals surface area contributed by atoms with E-state index < -0.39 is 11.9 Å². The van der Waals surface area contributed by atoms with Crippen LogP contribution in [0, 0.1) is 0 Å². The zero-order valence-corrected chi connectivity index (χ0v) is 17.8. The summed E-state index contributed by atoms with van der Waals surface area (Å²) in [6, 6.07) is 22.9. The molecule has 2 amide bonds. The number of rotatable bonds is 5. The zero-order valence-electron chi connectivity index (χ0n) is 17.8. The van der Waals surface area contributed by atoms with Crippen LogP contribution in [0.25, 0.3) is 11.1 Å². The maximum absolute atomic E-state index is 13.1. The number of primary amides is 1. The minimum Gasteiger partial charge on any atom is -0.369 e. The Kier molecular flexibility index (Phi) is 5.37. The molecule has 2 aliphatic rings. The highest BCUT2D eigenvalue weighted by Gasteiger charge is 2.36. The highest BCUT2D eigenvalue weighted by molar-refractivity contribution is 6.01. The molecule has 3 aromatic rings. The number of nitrogens with zero attached hydrogens (tertiary/aromatic N) is 2. The molecule has 0 bridgehead atoms. The molecule has 0 aliphatic carbocycles. The van der Waals surface area contributed by atoms with Gasteiger partial charge in [-0.1, -0.05) is 48.5 Å². The number of amides is 2. The normalized spacial score (nSPS) is 16.7. The highest BCUT2D eigenvalue weighted by Crippen LogP contribution is 2.34. The van der Waals surface area contributed by atoms with E-state index in [1.807, 2.05) is 42.5 Å². The Morgan fingerprint density at radius 2 is 1.59 bits per heavy atom. The van der Waals surface area contributed by atoms with Gasteiger partial charge in [-0.05, 0) is 46.5 Å². The van der Waals surface area contributed by atoms with Crippen LogP contribution in [0.5, 0.6) is 0 Å². The van der Waals surface area contributed by atoms with Crippen LogP contribution in [0.2, 0.25) is 0 Å². The van der Waals surface area contributed by atoms with Crippen molar-refractivity contribution in [2.24, 2.45) is 5.73 Å². The van der Waals surface area contributed by atoms with Gasteiger partial charge in [-0.25, -0.2) is 0 Å². The van der Waals surface area contributed by atoms with E-state index in [0.29, 0.717) is 12.1 Å². The highest BCUT2D eigenvalue weighted by atomic mass is 16.2. The van der Waals surface area contributed by atoms with Crippen molar-refractivity contribution in [3.63, 3.8) is 0 Å². The predicted octanol–water partition coefficient (Wildman–Crippen LogP) is 2.95. The lowest BCUT2D eigenvalue weighted by molar-refractivity contribution is -0.122. The van der Waals surface area contributed by atoms with E-state index in [1.54, 1.807) is 4.90 Å². The lowest BCUT2D eigenvalue weighted by atomic mass is 10.00. The molecule has 1 saturated heterocycles. The van der Waals surface area contributed by atoms with Crippen molar-refractivity contribution in [2.45, 2.75) is 12.6 Å². The van der Waals surface area contributed by atoms with Crippen molar-refractivity contribution in [1.82, 2.24) is 10.2 Å². The van der Waals surface area contributed by atoms with Gasteiger partial charge in [0.1, 0.15) is 6.04 Å². The second-order valence-electron chi connectivity index (χ2n) is 8.30. The number of anilines is 1. The molecular formula is C26H26N4O2. The molecule has 6 heteroatoms. The largest absolute Gasteiger partial charge is 0.369 e. The molecule has 0 aromatic heterocycles. The molecule has 2 heterocycles. The van der Waals surface area contributed by atoms with Crippen molar-refractivity contribution in [3.05, 3.63) is 89.5 Å². The van der Waals surface area contributed by atoms with Crippen LogP contribution in [0.1, 0.15) is 27.5 Å². The summed E-state index contributed by atoms with van der Waals surface area (Å²) in [6.45, 7) is 4.40. The first-order valence-electron chi connectivity index (χ1n) is 11.0. The Balaban J connectivity index is 1.40. The molecule has 1 atom stereocenters. The minimum absolute atomic E-state index is 0.159. The van der Waals surface area contributed by atoms with Gasteiger partial charge in [0.15, 0.2) is 0 Å². The van der Waals surface area contributed by atoms with E-state index in [2.05, 4.69) is 40.5 Å². The van der Waals surface area contributed by atoms with Crippen LogP contribution >= 0.6 is 0 Å². The lowest BCUT2D eigenvalue weighted by Gasteiger charge is -2.29. The molecule has 162 valence electrons. The maximum Gasteiger partial charge on any atom is 0.255 e. The van der Waals surface area contributed by atoms with E-state index >= 15 is 0 Å². The van der Waals surface area contributed by atoms with Gasteiger partial charge in [0.05, 0.1) is 0 Å². The average Bonchev–Trinajstić information content (AvgIpc) is 3.15. The molecule has 1 unspecified atom stereocenters. The Bertz CT molecular complexity index is 1140. The minimum atomic E-state index is -0.780. The van der Waals surface area contributed by atoms with Crippen LogP contribution < -0.4 is 16.0 Å². The number of nitrogens with two attached hydrogens (primary N) is 1. The fourth-order valence-corrected chi connectivity index (χ4v) is 4.65. The summed E-state index contributed by atoms with van der Waals surface area (Å²) >= 11 is 0. The van der Waals surface area contributed by atoms with Crippen molar-refractivity contribution in [1.29, 1.82) is 0 Å². The molecular weight excluding hydrogens is 400 g/mol. The first kappa shape index (κ1) is 20.3. The third-order valence-corrected chi connectivity index (χ3v) is 6.32. The average molecular weight is 427 g/mol. The summed E-state index contributed by atoms with van der Waals surface area (Å²) in [6.07, 6.45) is 0. The molecule has 0 spiro atoms. The monoisotopic (exact) mass is 426 g/mol. The number of hydrogen-bond donors (Lipinski definition) is 2. The molecule has 1 fully saturated rings. The standard InChI is InChI=1S/C26H26N4O2/c27-25(31)24(19-4-2-1-3-5-19)30-17-21-16-20(8-11-23(21)26(30)32)18-6-9-22(10-7-18)29-14-12-28-13-15-29/h1-11,16,24,28H,12-15,17H2,(H2,27,31). The van der Waals surface area contributed by atoms with E-state index in [-0.39, 0.29) is 5.91 Å². The van der Waals surface area contributed by atoms with Crippen LogP contribution in [0.4, 0.5) is 5.69 Å². The van der Waals surface area contributed by atoms with Gasteiger partial charge < -0.3 is 20.9 Å². The third kappa shape index (κ3) is 3.74. The number of fused-ring (bicyclic) bond motifs is 1. The van der Waals surface area contributed by atoms with Crippen LogP contribution in [-0.4, -0.2) is 42.9 Å². The van der Waals surface area contributed by atoms with Gasteiger partial charge in [-0.2, -0.15) is 0 Å². The number of benzene rings is 3. The van der Waals surface area contributed by atoms with Gasteiger partial charge in [-0.15, -0.1) is 0 Å². The van der Waals surface area contributed by atoms with E-state index in [0.717, 1.165) is 48.4 Å².